The highest BCUT2D eigenvalue weighted by Gasteiger charge is 2.27. The first-order valence-corrected chi connectivity index (χ1v) is 6.34. The van der Waals surface area contributed by atoms with E-state index in [0.717, 1.165) is 0 Å². The Labute approximate surface area is 123 Å². The van der Waals surface area contributed by atoms with E-state index in [1.54, 1.807) is 36.4 Å². The van der Waals surface area contributed by atoms with Crippen molar-refractivity contribution in [2.24, 2.45) is 5.73 Å². The van der Waals surface area contributed by atoms with Gasteiger partial charge in [-0.3, -0.25) is 10.1 Å². The SMILES string of the molecule is CC(C)(Cc1cc(O)c(I)cc1[N+](=O)[O-])OC(N)=O. The second-order valence-electron chi connectivity index (χ2n) is 4.55. The maximum absolute atomic E-state index is 11.0. The molecule has 3 N–H and O–H groups in total. The minimum absolute atomic E-state index is 0.0592. The van der Waals surface area contributed by atoms with Gasteiger partial charge in [0.2, 0.25) is 0 Å². The lowest BCUT2D eigenvalue weighted by molar-refractivity contribution is -0.385. The van der Waals surface area contributed by atoms with Gasteiger partial charge < -0.3 is 15.6 Å². The zero-order valence-corrected chi connectivity index (χ0v) is 12.5. The van der Waals surface area contributed by atoms with Gasteiger partial charge in [-0.15, -0.1) is 0 Å². The molecule has 1 rings (SSSR count). The van der Waals surface area contributed by atoms with Crippen molar-refractivity contribution in [1.29, 1.82) is 0 Å². The molecule has 1 amide bonds. The monoisotopic (exact) mass is 380 g/mol. The van der Waals surface area contributed by atoms with Crippen molar-refractivity contribution in [3.8, 4) is 5.75 Å². The van der Waals surface area contributed by atoms with E-state index < -0.39 is 16.6 Å². The molecule has 8 heteroatoms. The average molecular weight is 380 g/mol. The molecule has 0 unspecified atom stereocenters. The van der Waals surface area contributed by atoms with Gasteiger partial charge in [0.1, 0.15) is 11.4 Å². The number of aromatic hydroxyl groups is 1. The quantitative estimate of drug-likeness (QED) is 0.473. The van der Waals surface area contributed by atoms with Crippen LogP contribution in [-0.2, 0) is 11.2 Å². The third-order valence-corrected chi connectivity index (χ3v) is 3.20. The standard InChI is InChI=1S/C11H13IN2O5/c1-11(2,19-10(13)16)5-6-3-9(15)7(12)4-8(6)14(17)18/h3-4,15H,5H2,1-2H3,(H2,13,16). The largest absolute Gasteiger partial charge is 0.507 e. The molecule has 0 atom stereocenters. The summed E-state index contributed by atoms with van der Waals surface area (Å²) < 4.78 is 5.26. The first kappa shape index (κ1) is 15.5. The van der Waals surface area contributed by atoms with Gasteiger partial charge in [-0.05, 0) is 42.5 Å². The van der Waals surface area contributed by atoms with E-state index in [4.69, 9.17) is 10.5 Å². The molecular weight excluding hydrogens is 367 g/mol. The summed E-state index contributed by atoms with van der Waals surface area (Å²) in [4.78, 5) is 21.2. The first-order chi connectivity index (χ1) is 8.62. The Morgan fingerprint density at radius 2 is 2.16 bits per heavy atom. The van der Waals surface area contributed by atoms with Crippen molar-refractivity contribution in [3.05, 3.63) is 31.4 Å². The number of benzene rings is 1. The van der Waals surface area contributed by atoms with Crippen LogP contribution in [0.2, 0.25) is 0 Å². The molecule has 0 aliphatic carbocycles. The number of ether oxygens (including phenoxy) is 1. The van der Waals surface area contributed by atoms with Crippen LogP contribution in [0.3, 0.4) is 0 Å². The zero-order chi connectivity index (χ0) is 14.8. The summed E-state index contributed by atoms with van der Waals surface area (Å²) in [5.41, 5.74) is 4.07. The molecule has 0 saturated carbocycles. The van der Waals surface area contributed by atoms with Crippen LogP contribution in [0.15, 0.2) is 12.1 Å². The van der Waals surface area contributed by atoms with Gasteiger partial charge in [-0.25, -0.2) is 4.79 Å². The molecule has 7 nitrogen and oxygen atoms in total. The number of phenolic OH excluding ortho intramolecular Hbond substituents is 1. The Morgan fingerprint density at radius 1 is 1.58 bits per heavy atom. The van der Waals surface area contributed by atoms with Crippen LogP contribution >= 0.6 is 22.6 Å². The van der Waals surface area contributed by atoms with Crippen LogP contribution < -0.4 is 5.73 Å². The topological polar surface area (TPSA) is 116 Å². The van der Waals surface area contributed by atoms with Gasteiger partial charge in [-0.1, -0.05) is 0 Å². The fourth-order valence-electron chi connectivity index (χ4n) is 1.67. The minimum atomic E-state index is -1.00. The highest BCUT2D eigenvalue weighted by Crippen LogP contribution is 2.32. The van der Waals surface area contributed by atoms with Crippen LogP contribution in [0.4, 0.5) is 10.5 Å². The predicted octanol–water partition coefficient (Wildman–Crippen LogP) is 2.32. The van der Waals surface area contributed by atoms with Crippen molar-refractivity contribution in [2.75, 3.05) is 0 Å². The summed E-state index contributed by atoms with van der Waals surface area (Å²) in [5, 5.41) is 20.6. The number of nitrogens with two attached hydrogens (primary N) is 1. The first-order valence-electron chi connectivity index (χ1n) is 5.26. The molecule has 0 heterocycles. The summed E-state index contributed by atoms with van der Waals surface area (Å²) >= 11 is 1.80. The number of nitro groups is 1. The average Bonchev–Trinajstić information content (AvgIpc) is 2.19. The second kappa shape index (κ2) is 5.59. The van der Waals surface area contributed by atoms with Crippen LogP contribution in [0.1, 0.15) is 19.4 Å². The van der Waals surface area contributed by atoms with Crippen LogP contribution in [0.5, 0.6) is 5.75 Å². The number of rotatable bonds is 4. The molecule has 1 aromatic rings. The second-order valence-corrected chi connectivity index (χ2v) is 5.71. The van der Waals surface area contributed by atoms with Gasteiger partial charge in [0.15, 0.2) is 0 Å². The molecule has 0 aromatic heterocycles. The van der Waals surface area contributed by atoms with Crippen LogP contribution in [-0.4, -0.2) is 21.7 Å². The van der Waals surface area contributed by atoms with E-state index in [9.17, 15) is 20.0 Å². The number of nitrogens with zero attached hydrogens (tertiary/aromatic N) is 1. The third-order valence-electron chi connectivity index (χ3n) is 2.34. The number of primary amides is 1. The number of hydrogen-bond donors (Lipinski definition) is 2. The highest BCUT2D eigenvalue weighted by atomic mass is 127. The van der Waals surface area contributed by atoms with Crippen molar-refractivity contribution < 1.29 is 19.6 Å². The van der Waals surface area contributed by atoms with Gasteiger partial charge in [0.05, 0.1) is 8.49 Å². The molecule has 104 valence electrons. The van der Waals surface area contributed by atoms with E-state index in [1.165, 1.54) is 12.1 Å². The maximum atomic E-state index is 11.0. The minimum Gasteiger partial charge on any atom is -0.507 e. The zero-order valence-electron chi connectivity index (χ0n) is 10.3. The number of nitro benzene ring substituents is 1. The molecule has 19 heavy (non-hydrogen) atoms. The number of hydrogen-bond acceptors (Lipinski definition) is 5. The van der Waals surface area contributed by atoms with Crippen molar-refractivity contribution >= 4 is 34.4 Å². The van der Waals surface area contributed by atoms with Crippen LogP contribution in [0, 0.1) is 13.7 Å². The molecular formula is C11H13IN2O5. The normalized spacial score (nSPS) is 11.1. The molecule has 0 fully saturated rings. The summed E-state index contributed by atoms with van der Waals surface area (Å²) in [7, 11) is 0. The summed E-state index contributed by atoms with van der Waals surface area (Å²) in [5.74, 6) is -0.0592. The molecule has 0 radical (unpaired) electrons. The van der Waals surface area contributed by atoms with E-state index >= 15 is 0 Å². The lowest BCUT2D eigenvalue weighted by Gasteiger charge is -2.24. The predicted molar refractivity (Wildman–Crippen MR) is 75.9 cm³/mol. The number of phenols is 1. The Kier molecular flexibility index (Phi) is 4.56. The number of halogens is 1. The highest BCUT2D eigenvalue weighted by molar-refractivity contribution is 14.1. The van der Waals surface area contributed by atoms with Crippen LogP contribution in [0.25, 0.3) is 0 Å². The molecule has 0 spiro atoms. The lowest BCUT2D eigenvalue weighted by atomic mass is 9.97. The van der Waals surface area contributed by atoms with Gasteiger partial charge >= 0.3 is 6.09 Å². The maximum Gasteiger partial charge on any atom is 0.405 e. The van der Waals surface area contributed by atoms with Gasteiger partial charge in [0.25, 0.3) is 5.69 Å². The van der Waals surface area contributed by atoms with Crippen molar-refractivity contribution in [3.63, 3.8) is 0 Å². The molecule has 0 aliphatic heterocycles. The fraction of sp³-hybridized carbons (Fsp3) is 0.364. The van der Waals surface area contributed by atoms with Crippen molar-refractivity contribution in [2.45, 2.75) is 25.9 Å². The summed E-state index contributed by atoms with van der Waals surface area (Å²) in [6.45, 7) is 3.16. The van der Waals surface area contributed by atoms with Crippen molar-refractivity contribution in [1.82, 2.24) is 0 Å². The number of amides is 1. The van der Waals surface area contributed by atoms with Gasteiger partial charge in [0, 0.05) is 18.1 Å². The Hall–Kier alpha value is -1.58. The third kappa shape index (κ3) is 4.23. The summed E-state index contributed by atoms with van der Waals surface area (Å²) in [6, 6.07) is 2.57. The Bertz CT molecular complexity index is 530. The fourth-order valence-corrected chi connectivity index (χ4v) is 2.12. The number of carbonyl (C=O) groups excluding carboxylic acids is 1. The van der Waals surface area contributed by atoms with E-state index in [1.807, 2.05) is 0 Å². The van der Waals surface area contributed by atoms with E-state index in [-0.39, 0.29) is 23.4 Å². The lowest BCUT2D eigenvalue weighted by Crippen LogP contribution is -2.33. The van der Waals surface area contributed by atoms with Gasteiger partial charge in [-0.2, -0.15) is 0 Å². The molecule has 0 aliphatic rings. The smallest absolute Gasteiger partial charge is 0.405 e. The molecule has 1 aromatic carbocycles. The summed E-state index contributed by atoms with van der Waals surface area (Å²) in [6.07, 6.45) is -0.890. The Morgan fingerprint density at radius 3 is 2.63 bits per heavy atom. The molecule has 0 saturated heterocycles. The molecule has 0 bridgehead atoms. The number of carbonyl (C=O) groups is 1. The van der Waals surface area contributed by atoms with E-state index in [0.29, 0.717) is 3.57 Å². The Balaban J connectivity index is 3.16. The van der Waals surface area contributed by atoms with E-state index in [2.05, 4.69) is 0 Å².